The molecule has 0 amide bonds. The molecule has 0 bridgehead atoms. The zero-order chi connectivity index (χ0) is 18.2. The highest BCUT2D eigenvalue weighted by Crippen LogP contribution is 2.30. The molecular formula is C23H20N4. The SMILES string of the molecule is CC1=Cc2cc(Nc3ccnc(Nc4cccc5c4C=CC5)n3)ccc2C1. The molecule has 0 atom stereocenters. The lowest BCUT2D eigenvalue weighted by atomic mass is 10.1. The summed E-state index contributed by atoms with van der Waals surface area (Å²) in [5, 5.41) is 6.75. The van der Waals surface area contributed by atoms with E-state index < -0.39 is 0 Å². The highest BCUT2D eigenvalue weighted by atomic mass is 15.1. The summed E-state index contributed by atoms with van der Waals surface area (Å²) >= 11 is 0. The summed E-state index contributed by atoms with van der Waals surface area (Å²) in [4.78, 5) is 9.00. The Labute approximate surface area is 158 Å². The number of anilines is 4. The lowest BCUT2D eigenvalue weighted by Crippen LogP contribution is -2.02. The van der Waals surface area contributed by atoms with Crippen LogP contribution in [0, 0.1) is 0 Å². The van der Waals surface area contributed by atoms with E-state index in [2.05, 4.69) is 82.2 Å². The predicted molar refractivity (Wildman–Crippen MR) is 112 cm³/mol. The Hall–Kier alpha value is -3.40. The van der Waals surface area contributed by atoms with Gasteiger partial charge < -0.3 is 10.6 Å². The third-order valence-electron chi connectivity index (χ3n) is 5.01. The topological polar surface area (TPSA) is 49.8 Å². The number of nitrogens with zero attached hydrogens (tertiary/aromatic N) is 2. The zero-order valence-corrected chi connectivity index (χ0v) is 15.2. The fourth-order valence-electron chi connectivity index (χ4n) is 3.74. The Balaban J connectivity index is 1.38. The van der Waals surface area contributed by atoms with E-state index in [1.807, 2.05) is 6.07 Å². The van der Waals surface area contributed by atoms with E-state index >= 15 is 0 Å². The normalized spacial score (nSPS) is 13.9. The first-order valence-corrected chi connectivity index (χ1v) is 9.20. The molecule has 0 radical (unpaired) electrons. The van der Waals surface area contributed by atoms with Gasteiger partial charge in [0, 0.05) is 23.1 Å². The molecule has 2 aliphatic carbocycles. The van der Waals surface area contributed by atoms with Gasteiger partial charge in [-0.2, -0.15) is 4.98 Å². The highest BCUT2D eigenvalue weighted by molar-refractivity contribution is 5.76. The van der Waals surface area contributed by atoms with Crippen LogP contribution in [0.2, 0.25) is 0 Å². The molecule has 2 N–H and O–H groups in total. The summed E-state index contributed by atoms with van der Waals surface area (Å²) < 4.78 is 0. The van der Waals surface area contributed by atoms with Crippen LogP contribution in [0.15, 0.2) is 60.3 Å². The standard InChI is InChI=1S/C23H20N4/c1-15-12-17-8-9-19(14-18(17)13-15)25-22-10-11-24-23(27-22)26-21-7-3-5-16-4-2-6-20(16)21/h2-3,5-11,13-14H,4,12H2,1H3,(H2,24,25,26,27). The Kier molecular flexibility index (Phi) is 3.75. The number of aromatic nitrogens is 2. The van der Waals surface area contributed by atoms with E-state index in [0.717, 1.165) is 30.0 Å². The van der Waals surface area contributed by atoms with Crippen molar-refractivity contribution in [2.45, 2.75) is 19.8 Å². The van der Waals surface area contributed by atoms with Gasteiger partial charge in [0.15, 0.2) is 0 Å². The van der Waals surface area contributed by atoms with Crippen molar-refractivity contribution in [3.05, 3.63) is 82.6 Å². The molecular weight excluding hydrogens is 332 g/mol. The van der Waals surface area contributed by atoms with Crippen molar-refractivity contribution in [1.82, 2.24) is 9.97 Å². The fraction of sp³-hybridized carbons (Fsp3) is 0.130. The first-order valence-electron chi connectivity index (χ1n) is 9.20. The number of nitrogens with one attached hydrogen (secondary N) is 2. The third-order valence-corrected chi connectivity index (χ3v) is 5.01. The third kappa shape index (κ3) is 3.10. The van der Waals surface area contributed by atoms with Gasteiger partial charge in [0.05, 0.1) is 0 Å². The quantitative estimate of drug-likeness (QED) is 0.651. The molecule has 0 aliphatic heterocycles. The van der Waals surface area contributed by atoms with Crippen LogP contribution in [0.1, 0.15) is 29.2 Å². The molecule has 0 saturated carbocycles. The summed E-state index contributed by atoms with van der Waals surface area (Å²) in [6.45, 7) is 2.17. The molecule has 0 unspecified atom stereocenters. The Morgan fingerprint density at radius 1 is 1.00 bits per heavy atom. The number of rotatable bonds is 4. The van der Waals surface area contributed by atoms with Crippen LogP contribution in [0.5, 0.6) is 0 Å². The number of allylic oxidation sites excluding steroid dienone is 2. The van der Waals surface area contributed by atoms with Crippen molar-refractivity contribution in [3.8, 4) is 0 Å². The summed E-state index contributed by atoms with van der Waals surface area (Å²) in [7, 11) is 0. The van der Waals surface area contributed by atoms with Crippen molar-refractivity contribution < 1.29 is 0 Å². The van der Waals surface area contributed by atoms with Crippen LogP contribution in [0.4, 0.5) is 23.1 Å². The van der Waals surface area contributed by atoms with E-state index in [1.54, 1.807) is 6.20 Å². The second-order valence-electron chi connectivity index (χ2n) is 7.08. The fourth-order valence-corrected chi connectivity index (χ4v) is 3.74. The van der Waals surface area contributed by atoms with E-state index in [-0.39, 0.29) is 0 Å². The van der Waals surface area contributed by atoms with Gasteiger partial charge in [0.25, 0.3) is 0 Å². The Morgan fingerprint density at radius 3 is 2.93 bits per heavy atom. The maximum Gasteiger partial charge on any atom is 0.229 e. The minimum Gasteiger partial charge on any atom is -0.340 e. The first kappa shape index (κ1) is 15.8. The molecule has 0 fully saturated rings. The monoisotopic (exact) mass is 352 g/mol. The van der Waals surface area contributed by atoms with Gasteiger partial charge in [-0.05, 0) is 60.7 Å². The smallest absolute Gasteiger partial charge is 0.229 e. The highest BCUT2D eigenvalue weighted by Gasteiger charge is 2.12. The molecule has 27 heavy (non-hydrogen) atoms. The predicted octanol–water partition coefficient (Wildman–Crippen LogP) is 5.49. The molecule has 1 aromatic heterocycles. The summed E-state index contributed by atoms with van der Waals surface area (Å²) in [5.74, 6) is 1.36. The molecule has 0 saturated heterocycles. The Morgan fingerprint density at radius 2 is 1.96 bits per heavy atom. The van der Waals surface area contributed by atoms with Gasteiger partial charge in [0.1, 0.15) is 5.82 Å². The zero-order valence-electron chi connectivity index (χ0n) is 15.2. The second-order valence-corrected chi connectivity index (χ2v) is 7.08. The molecule has 132 valence electrons. The van der Waals surface area contributed by atoms with Gasteiger partial charge in [-0.3, -0.25) is 0 Å². The summed E-state index contributed by atoms with van der Waals surface area (Å²) in [6, 6.07) is 14.6. The van der Waals surface area contributed by atoms with Gasteiger partial charge in [-0.1, -0.05) is 42.0 Å². The molecule has 1 heterocycles. The van der Waals surface area contributed by atoms with Crippen LogP contribution in [-0.2, 0) is 12.8 Å². The average molecular weight is 352 g/mol. The van der Waals surface area contributed by atoms with Gasteiger partial charge >= 0.3 is 0 Å². The van der Waals surface area contributed by atoms with Crippen molar-refractivity contribution in [2.75, 3.05) is 10.6 Å². The van der Waals surface area contributed by atoms with Gasteiger partial charge in [-0.15, -0.1) is 0 Å². The van der Waals surface area contributed by atoms with Crippen LogP contribution in [0.25, 0.3) is 12.2 Å². The molecule has 5 rings (SSSR count). The second kappa shape index (κ2) is 6.40. The van der Waals surface area contributed by atoms with E-state index in [1.165, 1.54) is 27.8 Å². The number of hydrogen-bond donors (Lipinski definition) is 2. The molecule has 3 aromatic rings. The average Bonchev–Trinajstić information content (AvgIpc) is 3.28. The lowest BCUT2D eigenvalue weighted by molar-refractivity contribution is 1.16. The molecule has 0 spiro atoms. The maximum atomic E-state index is 4.62. The van der Waals surface area contributed by atoms with Crippen molar-refractivity contribution in [1.29, 1.82) is 0 Å². The van der Waals surface area contributed by atoms with Crippen molar-refractivity contribution >= 4 is 35.3 Å². The number of benzene rings is 2. The van der Waals surface area contributed by atoms with Gasteiger partial charge in [0.2, 0.25) is 5.95 Å². The van der Waals surface area contributed by atoms with E-state index in [0.29, 0.717) is 5.95 Å². The van der Waals surface area contributed by atoms with E-state index in [9.17, 15) is 0 Å². The minimum absolute atomic E-state index is 0.589. The van der Waals surface area contributed by atoms with Crippen LogP contribution >= 0.6 is 0 Å². The largest absolute Gasteiger partial charge is 0.340 e. The number of hydrogen-bond acceptors (Lipinski definition) is 4. The number of fused-ring (bicyclic) bond motifs is 2. The summed E-state index contributed by atoms with van der Waals surface area (Å²) in [5.41, 5.74) is 8.70. The molecule has 4 nitrogen and oxygen atoms in total. The first-order chi connectivity index (χ1) is 13.2. The lowest BCUT2D eigenvalue weighted by Gasteiger charge is -2.11. The maximum absolute atomic E-state index is 4.62. The minimum atomic E-state index is 0.589. The summed E-state index contributed by atoms with van der Waals surface area (Å²) in [6.07, 6.45) is 10.4. The molecule has 2 aliphatic rings. The van der Waals surface area contributed by atoms with Crippen molar-refractivity contribution in [2.24, 2.45) is 0 Å². The van der Waals surface area contributed by atoms with E-state index in [4.69, 9.17) is 0 Å². The Bertz CT molecular complexity index is 1100. The molecule has 4 heteroatoms. The van der Waals surface area contributed by atoms with Crippen LogP contribution in [-0.4, -0.2) is 9.97 Å². The van der Waals surface area contributed by atoms with Crippen molar-refractivity contribution in [3.63, 3.8) is 0 Å². The van der Waals surface area contributed by atoms with Crippen LogP contribution < -0.4 is 10.6 Å². The molecule has 2 aromatic carbocycles. The van der Waals surface area contributed by atoms with Gasteiger partial charge in [-0.25, -0.2) is 4.98 Å². The van der Waals surface area contributed by atoms with Crippen LogP contribution in [0.3, 0.4) is 0 Å².